The number of carbonyl (C=O) groups is 1. The van der Waals surface area contributed by atoms with Gasteiger partial charge >= 0.3 is 0 Å². The summed E-state index contributed by atoms with van der Waals surface area (Å²) in [5.74, 6) is 0.862. The highest BCUT2D eigenvalue weighted by atomic mass is 79.9. The first-order valence-corrected chi connectivity index (χ1v) is 9.02. The summed E-state index contributed by atoms with van der Waals surface area (Å²) < 4.78 is 1.83. The highest BCUT2D eigenvalue weighted by molar-refractivity contribution is 9.11. The van der Waals surface area contributed by atoms with Crippen molar-refractivity contribution in [2.45, 2.75) is 20.3 Å². The van der Waals surface area contributed by atoms with Crippen LogP contribution in [0.5, 0.6) is 0 Å². The van der Waals surface area contributed by atoms with E-state index in [0.29, 0.717) is 0 Å². The van der Waals surface area contributed by atoms with E-state index in [1.54, 1.807) is 0 Å². The minimum absolute atomic E-state index is 0.123. The van der Waals surface area contributed by atoms with Crippen LogP contribution in [0.3, 0.4) is 0 Å². The van der Waals surface area contributed by atoms with E-state index >= 15 is 0 Å². The third-order valence-electron chi connectivity index (χ3n) is 3.84. The van der Waals surface area contributed by atoms with Gasteiger partial charge in [-0.25, -0.2) is 0 Å². The van der Waals surface area contributed by atoms with Gasteiger partial charge in [-0.3, -0.25) is 9.69 Å². The van der Waals surface area contributed by atoms with Gasteiger partial charge in [0.2, 0.25) is 0 Å². The fourth-order valence-corrected chi connectivity index (χ4v) is 3.67. The topological polar surface area (TPSA) is 23.6 Å². The lowest BCUT2D eigenvalue weighted by Crippen LogP contribution is -2.49. The average Bonchev–Trinajstić information content (AvgIpc) is 2.45. The molecule has 116 valence electrons. The second-order valence-corrected chi connectivity index (χ2v) is 7.71. The maximum absolute atomic E-state index is 12.6. The number of piperazine rings is 1. The Morgan fingerprint density at radius 3 is 2.43 bits per heavy atom. The van der Waals surface area contributed by atoms with Crippen LogP contribution in [0.4, 0.5) is 0 Å². The van der Waals surface area contributed by atoms with Crippen LogP contribution in [-0.4, -0.2) is 48.4 Å². The van der Waals surface area contributed by atoms with Crippen LogP contribution >= 0.6 is 31.9 Å². The molecule has 1 aliphatic rings. The molecule has 0 saturated carbocycles. The van der Waals surface area contributed by atoms with Crippen molar-refractivity contribution >= 4 is 37.8 Å². The van der Waals surface area contributed by atoms with E-state index in [1.807, 2.05) is 23.1 Å². The van der Waals surface area contributed by atoms with E-state index in [9.17, 15) is 4.79 Å². The smallest absolute Gasteiger partial charge is 0.255 e. The first-order chi connectivity index (χ1) is 9.97. The Hall–Kier alpha value is -0.390. The Kier molecular flexibility index (Phi) is 6.26. The first kappa shape index (κ1) is 17.0. The van der Waals surface area contributed by atoms with E-state index in [0.717, 1.165) is 53.2 Å². The molecule has 1 aromatic carbocycles. The highest BCUT2D eigenvalue weighted by Crippen LogP contribution is 2.23. The number of benzene rings is 1. The van der Waals surface area contributed by atoms with Crippen molar-refractivity contribution in [2.75, 3.05) is 32.7 Å². The van der Waals surface area contributed by atoms with Crippen LogP contribution in [0, 0.1) is 5.92 Å². The quantitative estimate of drug-likeness (QED) is 0.738. The van der Waals surface area contributed by atoms with Crippen LogP contribution in [-0.2, 0) is 0 Å². The fourth-order valence-electron chi connectivity index (χ4n) is 2.45. The number of hydrogen-bond acceptors (Lipinski definition) is 2. The summed E-state index contributed by atoms with van der Waals surface area (Å²) in [4.78, 5) is 17.0. The molecule has 2 rings (SSSR count). The van der Waals surface area contributed by atoms with Gasteiger partial charge in [-0.1, -0.05) is 29.8 Å². The summed E-state index contributed by atoms with van der Waals surface area (Å²) in [5, 5.41) is 0. The molecule has 1 heterocycles. The molecule has 0 radical (unpaired) electrons. The van der Waals surface area contributed by atoms with Crippen molar-refractivity contribution < 1.29 is 4.79 Å². The summed E-state index contributed by atoms with van der Waals surface area (Å²) in [7, 11) is 0. The third-order valence-corrected chi connectivity index (χ3v) is 4.99. The van der Waals surface area contributed by atoms with Gasteiger partial charge in [-0.2, -0.15) is 0 Å². The second-order valence-electron chi connectivity index (χ2n) is 5.94. The maximum Gasteiger partial charge on any atom is 0.255 e. The molecular formula is C16H22Br2N2O. The lowest BCUT2D eigenvalue weighted by molar-refractivity contribution is 0.0631. The number of halogens is 2. The zero-order valence-electron chi connectivity index (χ0n) is 12.6. The van der Waals surface area contributed by atoms with Gasteiger partial charge < -0.3 is 4.90 Å². The Bertz CT molecular complexity index is 497. The number of hydrogen-bond donors (Lipinski definition) is 0. The lowest BCUT2D eigenvalue weighted by Gasteiger charge is -2.35. The summed E-state index contributed by atoms with van der Waals surface area (Å²) in [6.45, 7) is 9.25. The van der Waals surface area contributed by atoms with E-state index < -0.39 is 0 Å². The van der Waals surface area contributed by atoms with Crippen molar-refractivity contribution in [3.05, 3.63) is 32.7 Å². The Morgan fingerprint density at radius 2 is 1.86 bits per heavy atom. The predicted molar refractivity (Wildman–Crippen MR) is 93.6 cm³/mol. The van der Waals surface area contributed by atoms with Gasteiger partial charge in [0.1, 0.15) is 0 Å². The van der Waals surface area contributed by atoms with Crippen molar-refractivity contribution in [1.29, 1.82) is 0 Å². The van der Waals surface area contributed by atoms with Gasteiger partial charge in [0.25, 0.3) is 5.91 Å². The van der Waals surface area contributed by atoms with Crippen LogP contribution in [0.25, 0.3) is 0 Å². The minimum Gasteiger partial charge on any atom is -0.336 e. The molecule has 1 fully saturated rings. The number of nitrogens with zero attached hydrogens (tertiary/aromatic N) is 2. The molecule has 1 aliphatic heterocycles. The van der Waals surface area contributed by atoms with Gasteiger partial charge in [0, 0.05) is 35.1 Å². The number of rotatable bonds is 4. The van der Waals surface area contributed by atoms with Crippen LogP contribution in [0.2, 0.25) is 0 Å². The molecule has 0 aliphatic carbocycles. The van der Waals surface area contributed by atoms with Gasteiger partial charge in [-0.15, -0.1) is 0 Å². The molecule has 0 spiro atoms. The average molecular weight is 418 g/mol. The lowest BCUT2D eigenvalue weighted by atomic mass is 10.1. The predicted octanol–water partition coefficient (Wildman–Crippen LogP) is 4.02. The van der Waals surface area contributed by atoms with Gasteiger partial charge in [0.15, 0.2) is 0 Å². The highest BCUT2D eigenvalue weighted by Gasteiger charge is 2.23. The number of amides is 1. The molecule has 5 heteroatoms. The molecule has 0 atom stereocenters. The van der Waals surface area contributed by atoms with Crippen LogP contribution in [0.1, 0.15) is 30.6 Å². The zero-order chi connectivity index (χ0) is 15.4. The molecule has 1 aromatic rings. The third kappa shape index (κ3) is 4.80. The fraction of sp³-hybridized carbons (Fsp3) is 0.562. The first-order valence-electron chi connectivity index (χ1n) is 7.44. The van der Waals surface area contributed by atoms with Crippen LogP contribution in [0.15, 0.2) is 27.1 Å². The molecular weight excluding hydrogens is 396 g/mol. The summed E-state index contributed by atoms with van der Waals surface area (Å²) in [6.07, 6.45) is 1.23. The van der Waals surface area contributed by atoms with E-state index in [1.165, 1.54) is 6.42 Å². The molecule has 1 saturated heterocycles. The molecule has 0 N–H and O–H groups in total. The van der Waals surface area contributed by atoms with E-state index in [4.69, 9.17) is 0 Å². The normalized spacial score (nSPS) is 16.5. The second kappa shape index (κ2) is 7.75. The van der Waals surface area contributed by atoms with Crippen molar-refractivity contribution in [3.63, 3.8) is 0 Å². The summed E-state index contributed by atoms with van der Waals surface area (Å²) in [5.41, 5.74) is 0.744. The molecule has 21 heavy (non-hydrogen) atoms. The Labute approximate surface area is 143 Å². The van der Waals surface area contributed by atoms with Gasteiger partial charge in [0.05, 0.1) is 5.56 Å². The molecule has 0 unspecified atom stereocenters. The summed E-state index contributed by atoms with van der Waals surface area (Å²) in [6, 6.07) is 5.71. The standard InChI is InChI=1S/C16H22Br2N2O/c1-12(2)5-6-19-7-9-20(10-8-19)16(21)14-4-3-13(17)11-15(14)18/h3-4,11-12H,5-10H2,1-2H3. The Morgan fingerprint density at radius 1 is 1.19 bits per heavy atom. The van der Waals surface area contributed by atoms with Crippen molar-refractivity contribution in [2.24, 2.45) is 5.92 Å². The monoisotopic (exact) mass is 416 g/mol. The van der Waals surface area contributed by atoms with Crippen molar-refractivity contribution in [1.82, 2.24) is 9.80 Å². The van der Waals surface area contributed by atoms with E-state index in [-0.39, 0.29) is 5.91 Å². The molecule has 0 bridgehead atoms. The van der Waals surface area contributed by atoms with Gasteiger partial charge in [-0.05, 0) is 53.0 Å². The van der Waals surface area contributed by atoms with Crippen LogP contribution < -0.4 is 0 Å². The number of carbonyl (C=O) groups excluding carboxylic acids is 1. The van der Waals surface area contributed by atoms with Crippen molar-refractivity contribution in [3.8, 4) is 0 Å². The van der Waals surface area contributed by atoms with E-state index in [2.05, 4.69) is 50.6 Å². The SMILES string of the molecule is CC(C)CCN1CCN(C(=O)c2ccc(Br)cc2Br)CC1. The molecule has 0 aromatic heterocycles. The summed E-state index contributed by atoms with van der Waals surface area (Å²) >= 11 is 6.90. The largest absolute Gasteiger partial charge is 0.336 e. The maximum atomic E-state index is 12.6. The molecule has 3 nitrogen and oxygen atoms in total. The Balaban J connectivity index is 1.91. The zero-order valence-corrected chi connectivity index (χ0v) is 15.8. The minimum atomic E-state index is 0.123. The molecule has 1 amide bonds.